The number of benzene rings is 1. The van der Waals surface area contributed by atoms with E-state index in [9.17, 15) is 4.79 Å². The summed E-state index contributed by atoms with van der Waals surface area (Å²) in [4.78, 5) is 12.0. The van der Waals surface area contributed by atoms with Crippen molar-refractivity contribution in [1.29, 1.82) is 0 Å². The number of hydrogen-bond donors (Lipinski definition) is 3. The highest BCUT2D eigenvalue weighted by atomic mass is 16.5. The Labute approximate surface area is 111 Å². The van der Waals surface area contributed by atoms with E-state index in [1.807, 2.05) is 6.92 Å². The fourth-order valence-corrected chi connectivity index (χ4v) is 1.66. The topological polar surface area (TPSA) is 93.0 Å². The molecule has 0 atom stereocenters. The lowest BCUT2D eigenvalue weighted by Gasteiger charge is -2.07. The number of nitrogens with zero attached hydrogens (tertiary/aromatic N) is 1. The molecular formula is C13H16N4O2. The van der Waals surface area contributed by atoms with E-state index in [0.717, 1.165) is 12.1 Å². The van der Waals surface area contributed by atoms with Crippen LogP contribution in [0.2, 0.25) is 0 Å². The molecule has 0 bridgehead atoms. The van der Waals surface area contributed by atoms with Crippen LogP contribution in [0.1, 0.15) is 23.0 Å². The molecule has 6 nitrogen and oxygen atoms in total. The van der Waals surface area contributed by atoms with Gasteiger partial charge in [-0.05, 0) is 18.6 Å². The van der Waals surface area contributed by atoms with Crippen LogP contribution in [-0.2, 0) is 6.42 Å². The molecule has 4 N–H and O–H groups in total. The van der Waals surface area contributed by atoms with Gasteiger partial charge in [0.05, 0.1) is 12.7 Å². The molecule has 0 aliphatic rings. The first-order chi connectivity index (χ1) is 9.13. The second kappa shape index (κ2) is 5.43. The van der Waals surface area contributed by atoms with Crippen LogP contribution in [0, 0.1) is 0 Å². The molecule has 0 aliphatic carbocycles. The highest BCUT2D eigenvalue weighted by molar-refractivity contribution is 6.07. The number of rotatable bonds is 4. The highest BCUT2D eigenvalue weighted by Crippen LogP contribution is 2.20. The monoisotopic (exact) mass is 260 g/mol. The summed E-state index contributed by atoms with van der Waals surface area (Å²) in [6.45, 7) is 2.00. The number of aromatic amines is 1. The lowest BCUT2D eigenvalue weighted by Crippen LogP contribution is -2.14. The van der Waals surface area contributed by atoms with Gasteiger partial charge in [0.25, 0.3) is 5.91 Å². The van der Waals surface area contributed by atoms with Crippen LogP contribution < -0.4 is 15.8 Å². The third-order valence-corrected chi connectivity index (χ3v) is 2.76. The van der Waals surface area contributed by atoms with Crippen molar-refractivity contribution in [2.75, 3.05) is 18.2 Å². The number of aromatic nitrogens is 2. The van der Waals surface area contributed by atoms with Gasteiger partial charge in [0.1, 0.15) is 5.75 Å². The van der Waals surface area contributed by atoms with E-state index in [4.69, 9.17) is 10.5 Å². The standard InChI is InChI=1S/C13H16N4O2/c1-3-8-6-12(17-16-8)15-13(18)10-5-4-9(19-2)7-11(10)14/h4-7H,3,14H2,1-2H3,(H2,15,16,17,18). The van der Waals surface area contributed by atoms with Gasteiger partial charge < -0.3 is 15.8 Å². The highest BCUT2D eigenvalue weighted by Gasteiger charge is 2.12. The van der Waals surface area contributed by atoms with Gasteiger partial charge in [-0.3, -0.25) is 9.89 Å². The van der Waals surface area contributed by atoms with Crippen molar-refractivity contribution < 1.29 is 9.53 Å². The summed E-state index contributed by atoms with van der Waals surface area (Å²) >= 11 is 0. The molecule has 2 aromatic rings. The molecule has 2 rings (SSSR count). The van der Waals surface area contributed by atoms with Crippen molar-refractivity contribution in [3.8, 4) is 5.75 Å². The molecule has 0 fully saturated rings. The van der Waals surface area contributed by atoms with E-state index >= 15 is 0 Å². The zero-order valence-electron chi connectivity index (χ0n) is 10.9. The average molecular weight is 260 g/mol. The predicted octanol–water partition coefficient (Wildman–Crippen LogP) is 1.82. The van der Waals surface area contributed by atoms with E-state index in [2.05, 4.69) is 15.5 Å². The Kier molecular flexibility index (Phi) is 3.70. The lowest BCUT2D eigenvalue weighted by molar-refractivity contribution is 0.102. The van der Waals surface area contributed by atoms with Gasteiger partial charge in [0.2, 0.25) is 0 Å². The molecule has 0 saturated carbocycles. The Balaban J connectivity index is 2.15. The summed E-state index contributed by atoms with van der Waals surface area (Å²) in [6.07, 6.45) is 0.827. The van der Waals surface area contributed by atoms with Crippen LogP contribution >= 0.6 is 0 Å². The van der Waals surface area contributed by atoms with Crippen LogP contribution in [0.5, 0.6) is 5.75 Å². The summed E-state index contributed by atoms with van der Waals surface area (Å²) in [5, 5.41) is 9.51. The minimum absolute atomic E-state index is 0.297. The van der Waals surface area contributed by atoms with E-state index in [0.29, 0.717) is 22.8 Å². The number of H-pyrrole nitrogens is 1. The number of carbonyl (C=O) groups is 1. The number of nitrogens with two attached hydrogens (primary N) is 1. The summed E-state index contributed by atoms with van der Waals surface area (Å²) < 4.78 is 5.04. The van der Waals surface area contributed by atoms with Crippen LogP contribution in [0.4, 0.5) is 11.5 Å². The number of carbonyl (C=O) groups excluding carboxylic acids is 1. The lowest BCUT2D eigenvalue weighted by atomic mass is 10.1. The molecule has 0 saturated heterocycles. The quantitative estimate of drug-likeness (QED) is 0.731. The predicted molar refractivity (Wildman–Crippen MR) is 73.3 cm³/mol. The number of aryl methyl sites for hydroxylation is 1. The zero-order chi connectivity index (χ0) is 13.8. The number of nitrogen functional groups attached to an aromatic ring is 1. The second-order valence-electron chi connectivity index (χ2n) is 4.04. The fourth-order valence-electron chi connectivity index (χ4n) is 1.66. The Morgan fingerprint density at radius 2 is 2.26 bits per heavy atom. The normalized spacial score (nSPS) is 10.2. The molecule has 1 heterocycles. The third-order valence-electron chi connectivity index (χ3n) is 2.76. The van der Waals surface area contributed by atoms with Gasteiger partial charge in [0, 0.05) is 23.5 Å². The van der Waals surface area contributed by atoms with E-state index in [1.54, 1.807) is 31.4 Å². The van der Waals surface area contributed by atoms with Crippen LogP contribution in [0.3, 0.4) is 0 Å². The van der Waals surface area contributed by atoms with Crippen molar-refractivity contribution >= 4 is 17.4 Å². The van der Waals surface area contributed by atoms with E-state index < -0.39 is 0 Å². The minimum Gasteiger partial charge on any atom is -0.497 e. The van der Waals surface area contributed by atoms with Gasteiger partial charge in [0.15, 0.2) is 5.82 Å². The molecule has 1 amide bonds. The Hall–Kier alpha value is -2.50. The molecule has 0 unspecified atom stereocenters. The number of methoxy groups -OCH3 is 1. The summed E-state index contributed by atoms with van der Waals surface area (Å²) in [5.41, 5.74) is 7.52. The van der Waals surface area contributed by atoms with Gasteiger partial charge in [-0.25, -0.2) is 0 Å². The first-order valence-corrected chi connectivity index (χ1v) is 5.93. The molecule has 0 radical (unpaired) electrons. The molecule has 0 spiro atoms. The molecular weight excluding hydrogens is 244 g/mol. The fraction of sp³-hybridized carbons (Fsp3) is 0.231. The minimum atomic E-state index is -0.297. The van der Waals surface area contributed by atoms with E-state index in [1.165, 1.54) is 0 Å². The molecule has 6 heteroatoms. The van der Waals surface area contributed by atoms with Gasteiger partial charge in [-0.1, -0.05) is 6.92 Å². The second-order valence-corrected chi connectivity index (χ2v) is 4.04. The summed E-state index contributed by atoms with van der Waals surface area (Å²) in [7, 11) is 1.55. The first-order valence-electron chi connectivity index (χ1n) is 5.93. The SMILES string of the molecule is CCc1cc(NC(=O)c2ccc(OC)cc2N)n[nH]1. The Morgan fingerprint density at radius 3 is 2.84 bits per heavy atom. The van der Waals surface area contributed by atoms with Crippen molar-refractivity contribution in [2.24, 2.45) is 0 Å². The molecule has 0 aliphatic heterocycles. The van der Waals surface area contributed by atoms with Gasteiger partial charge in [-0.2, -0.15) is 5.10 Å². The summed E-state index contributed by atoms with van der Waals surface area (Å²) in [6, 6.07) is 6.71. The largest absolute Gasteiger partial charge is 0.497 e. The third kappa shape index (κ3) is 2.85. The Bertz CT molecular complexity index is 592. The van der Waals surface area contributed by atoms with Crippen molar-refractivity contribution in [3.05, 3.63) is 35.5 Å². The maximum atomic E-state index is 12.0. The van der Waals surface area contributed by atoms with Crippen LogP contribution in [0.25, 0.3) is 0 Å². The molecule has 1 aromatic carbocycles. The van der Waals surface area contributed by atoms with E-state index in [-0.39, 0.29) is 5.91 Å². The number of ether oxygens (including phenoxy) is 1. The Morgan fingerprint density at radius 1 is 1.47 bits per heavy atom. The first kappa shape index (κ1) is 12.9. The smallest absolute Gasteiger partial charge is 0.258 e. The van der Waals surface area contributed by atoms with Crippen molar-refractivity contribution in [3.63, 3.8) is 0 Å². The average Bonchev–Trinajstić information content (AvgIpc) is 2.86. The number of nitrogens with one attached hydrogen (secondary N) is 2. The van der Waals surface area contributed by atoms with Gasteiger partial charge in [-0.15, -0.1) is 0 Å². The van der Waals surface area contributed by atoms with Gasteiger partial charge >= 0.3 is 0 Å². The number of hydrogen-bond acceptors (Lipinski definition) is 4. The van der Waals surface area contributed by atoms with Crippen molar-refractivity contribution in [2.45, 2.75) is 13.3 Å². The zero-order valence-corrected chi connectivity index (χ0v) is 10.9. The maximum absolute atomic E-state index is 12.0. The van der Waals surface area contributed by atoms with Crippen molar-refractivity contribution in [1.82, 2.24) is 10.2 Å². The van der Waals surface area contributed by atoms with Crippen LogP contribution in [-0.4, -0.2) is 23.2 Å². The molecule has 1 aromatic heterocycles. The number of anilines is 2. The summed E-state index contributed by atoms with van der Waals surface area (Å²) in [5.74, 6) is 0.800. The van der Waals surface area contributed by atoms with Crippen LogP contribution in [0.15, 0.2) is 24.3 Å². The number of amides is 1. The maximum Gasteiger partial charge on any atom is 0.258 e. The molecule has 19 heavy (non-hydrogen) atoms. The molecule has 100 valence electrons.